The second-order valence-electron chi connectivity index (χ2n) is 3.41. The molecule has 0 spiro atoms. The Labute approximate surface area is 89.4 Å². The third kappa shape index (κ3) is 2.76. The number of hydrogen-bond donors (Lipinski definition) is 0. The number of allylic oxidation sites excluding steroid dienone is 1. The predicted octanol–water partition coefficient (Wildman–Crippen LogP) is 1.85. The normalized spacial score (nSPS) is 11.1. The van der Waals surface area contributed by atoms with E-state index in [-0.39, 0.29) is 10.7 Å². The molecule has 0 aliphatic heterocycles. The summed E-state index contributed by atoms with van der Waals surface area (Å²) in [7, 11) is -3.20. The van der Waals surface area contributed by atoms with Crippen molar-refractivity contribution in [2.75, 3.05) is 6.26 Å². The molecule has 15 heavy (non-hydrogen) atoms. The van der Waals surface area contributed by atoms with Crippen molar-refractivity contribution in [3.63, 3.8) is 0 Å². The molecule has 0 unspecified atom stereocenters. The van der Waals surface area contributed by atoms with Crippen molar-refractivity contribution in [1.82, 2.24) is 0 Å². The summed E-state index contributed by atoms with van der Waals surface area (Å²) in [5.41, 5.74) is 0.886. The number of Topliss-reactive ketones (excluding diaryl/α,β-unsaturated/α-hetero) is 1. The quantitative estimate of drug-likeness (QED) is 0.581. The molecule has 1 aromatic carbocycles. The second-order valence-corrected chi connectivity index (χ2v) is 5.42. The largest absolute Gasteiger partial charge is 0.289 e. The minimum atomic E-state index is -3.20. The van der Waals surface area contributed by atoms with Crippen LogP contribution in [0, 0.1) is 0 Å². The number of rotatable bonds is 3. The Morgan fingerprint density at radius 1 is 1.20 bits per heavy atom. The maximum absolute atomic E-state index is 11.5. The van der Waals surface area contributed by atoms with Crippen LogP contribution in [-0.2, 0) is 9.84 Å². The molecule has 0 radical (unpaired) electrons. The molecule has 0 heterocycles. The summed E-state index contributed by atoms with van der Waals surface area (Å²) >= 11 is 0. The van der Waals surface area contributed by atoms with Gasteiger partial charge in [-0.2, -0.15) is 0 Å². The van der Waals surface area contributed by atoms with E-state index in [9.17, 15) is 13.2 Å². The molecule has 0 amide bonds. The number of benzene rings is 1. The van der Waals surface area contributed by atoms with Crippen molar-refractivity contribution in [3.05, 3.63) is 42.0 Å². The van der Waals surface area contributed by atoms with Gasteiger partial charge in [-0.15, -0.1) is 0 Å². The minimum Gasteiger partial charge on any atom is -0.289 e. The van der Waals surface area contributed by atoms with Gasteiger partial charge in [-0.05, 0) is 36.8 Å². The van der Waals surface area contributed by atoms with Gasteiger partial charge in [-0.25, -0.2) is 8.42 Å². The Morgan fingerprint density at radius 2 is 1.67 bits per heavy atom. The number of ketones is 1. The van der Waals surface area contributed by atoms with E-state index >= 15 is 0 Å². The van der Waals surface area contributed by atoms with Gasteiger partial charge in [0.2, 0.25) is 0 Å². The SMILES string of the molecule is C=C(C)C(=O)c1ccc(S(C)(=O)=O)cc1. The minimum absolute atomic E-state index is 0.171. The lowest BCUT2D eigenvalue weighted by Gasteiger charge is -2.01. The topological polar surface area (TPSA) is 51.2 Å². The molecule has 0 bridgehead atoms. The molecule has 0 N–H and O–H groups in total. The summed E-state index contributed by atoms with van der Waals surface area (Å²) in [6.45, 7) is 5.15. The van der Waals surface area contributed by atoms with E-state index in [1.807, 2.05) is 0 Å². The lowest BCUT2D eigenvalue weighted by atomic mass is 10.1. The summed E-state index contributed by atoms with van der Waals surface area (Å²) in [4.78, 5) is 11.7. The fraction of sp³-hybridized carbons (Fsp3) is 0.182. The van der Waals surface area contributed by atoms with Crippen molar-refractivity contribution in [2.24, 2.45) is 0 Å². The van der Waals surface area contributed by atoms with Crippen LogP contribution in [0.2, 0.25) is 0 Å². The Bertz CT molecular complexity index is 495. The lowest BCUT2D eigenvalue weighted by molar-refractivity contribution is 0.103. The third-order valence-electron chi connectivity index (χ3n) is 1.93. The van der Waals surface area contributed by atoms with Crippen molar-refractivity contribution in [2.45, 2.75) is 11.8 Å². The van der Waals surface area contributed by atoms with Crippen LogP contribution in [0.15, 0.2) is 41.3 Å². The van der Waals surface area contributed by atoms with Crippen LogP contribution in [0.5, 0.6) is 0 Å². The van der Waals surface area contributed by atoms with Crippen molar-refractivity contribution in [3.8, 4) is 0 Å². The molecule has 0 saturated carbocycles. The summed E-state index contributed by atoms with van der Waals surface area (Å²) in [5, 5.41) is 0. The molecular formula is C11H12O3S. The average Bonchev–Trinajstić information content (AvgIpc) is 2.15. The van der Waals surface area contributed by atoms with E-state index < -0.39 is 9.84 Å². The zero-order valence-electron chi connectivity index (χ0n) is 8.65. The Balaban J connectivity index is 3.12. The monoisotopic (exact) mass is 224 g/mol. The molecule has 1 rings (SSSR count). The van der Waals surface area contributed by atoms with E-state index in [0.29, 0.717) is 11.1 Å². The number of sulfone groups is 1. The maximum atomic E-state index is 11.5. The smallest absolute Gasteiger partial charge is 0.188 e. The molecule has 0 atom stereocenters. The van der Waals surface area contributed by atoms with Crippen molar-refractivity contribution < 1.29 is 13.2 Å². The van der Waals surface area contributed by atoms with Gasteiger partial charge < -0.3 is 0 Å². The van der Waals surface area contributed by atoms with Gasteiger partial charge in [0.05, 0.1) is 4.90 Å². The molecule has 0 aliphatic carbocycles. The van der Waals surface area contributed by atoms with Crippen LogP contribution in [0.25, 0.3) is 0 Å². The average molecular weight is 224 g/mol. The summed E-state index contributed by atoms with van der Waals surface area (Å²) in [6, 6.07) is 5.83. The first-order valence-electron chi connectivity index (χ1n) is 4.32. The highest BCUT2D eigenvalue weighted by Crippen LogP contribution is 2.12. The number of carbonyl (C=O) groups excluding carboxylic acids is 1. The van der Waals surface area contributed by atoms with E-state index in [1.54, 1.807) is 6.92 Å². The molecule has 3 nitrogen and oxygen atoms in total. The van der Waals surface area contributed by atoms with Gasteiger partial charge in [-0.3, -0.25) is 4.79 Å². The molecule has 0 aromatic heterocycles. The van der Waals surface area contributed by atoms with Crippen LogP contribution in [-0.4, -0.2) is 20.5 Å². The molecule has 0 saturated heterocycles. The lowest BCUT2D eigenvalue weighted by Crippen LogP contribution is -2.01. The van der Waals surface area contributed by atoms with Gasteiger partial charge in [0.25, 0.3) is 0 Å². The molecule has 0 fully saturated rings. The van der Waals surface area contributed by atoms with E-state index in [0.717, 1.165) is 6.26 Å². The third-order valence-corrected chi connectivity index (χ3v) is 3.06. The highest BCUT2D eigenvalue weighted by molar-refractivity contribution is 7.90. The number of carbonyl (C=O) groups is 1. The fourth-order valence-corrected chi connectivity index (χ4v) is 1.73. The summed E-state index contributed by atoms with van der Waals surface area (Å²) in [6.07, 6.45) is 1.13. The standard InChI is InChI=1S/C11H12O3S/c1-8(2)11(12)9-4-6-10(7-5-9)15(3,13)14/h4-7H,1H2,2-3H3. The van der Waals surface area contributed by atoms with Crippen LogP contribution in [0.1, 0.15) is 17.3 Å². The summed E-state index contributed by atoms with van der Waals surface area (Å²) < 4.78 is 22.3. The Hall–Kier alpha value is -1.42. The molecule has 80 valence electrons. The first-order chi connectivity index (χ1) is 6.82. The van der Waals surface area contributed by atoms with Gasteiger partial charge in [-0.1, -0.05) is 6.58 Å². The van der Waals surface area contributed by atoms with E-state index in [2.05, 4.69) is 6.58 Å². The molecule has 0 aliphatic rings. The second kappa shape index (κ2) is 3.98. The zero-order chi connectivity index (χ0) is 11.6. The van der Waals surface area contributed by atoms with Gasteiger partial charge >= 0.3 is 0 Å². The van der Waals surface area contributed by atoms with Gasteiger partial charge in [0.15, 0.2) is 15.6 Å². The fourth-order valence-electron chi connectivity index (χ4n) is 1.10. The first kappa shape index (κ1) is 11.7. The van der Waals surface area contributed by atoms with E-state index in [1.165, 1.54) is 24.3 Å². The van der Waals surface area contributed by atoms with Crippen LogP contribution in [0.3, 0.4) is 0 Å². The zero-order valence-corrected chi connectivity index (χ0v) is 9.47. The van der Waals surface area contributed by atoms with Crippen LogP contribution >= 0.6 is 0 Å². The number of hydrogen-bond acceptors (Lipinski definition) is 3. The first-order valence-corrected chi connectivity index (χ1v) is 6.22. The van der Waals surface area contributed by atoms with Gasteiger partial charge in [0, 0.05) is 11.8 Å². The highest BCUT2D eigenvalue weighted by Gasteiger charge is 2.09. The van der Waals surface area contributed by atoms with E-state index in [4.69, 9.17) is 0 Å². The van der Waals surface area contributed by atoms with Crippen LogP contribution < -0.4 is 0 Å². The highest BCUT2D eigenvalue weighted by atomic mass is 32.2. The van der Waals surface area contributed by atoms with Gasteiger partial charge in [0.1, 0.15) is 0 Å². The Morgan fingerprint density at radius 3 is 2.00 bits per heavy atom. The molecule has 4 heteroatoms. The molecular weight excluding hydrogens is 212 g/mol. The summed E-state index contributed by atoms with van der Waals surface area (Å²) in [5.74, 6) is -0.171. The van der Waals surface area contributed by atoms with Crippen molar-refractivity contribution in [1.29, 1.82) is 0 Å². The molecule has 1 aromatic rings. The van der Waals surface area contributed by atoms with Crippen molar-refractivity contribution >= 4 is 15.6 Å². The predicted molar refractivity (Wildman–Crippen MR) is 58.7 cm³/mol. The Kier molecular flexibility index (Phi) is 3.09. The van der Waals surface area contributed by atoms with Crippen LogP contribution in [0.4, 0.5) is 0 Å². The maximum Gasteiger partial charge on any atom is 0.188 e.